The van der Waals surface area contributed by atoms with Crippen molar-refractivity contribution in [3.63, 3.8) is 0 Å². The van der Waals surface area contributed by atoms with Crippen LogP contribution in [0.1, 0.15) is 24.2 Å². The van der Waals surface area contributed by atoms with Crippen LogP contribution in [-0.4, -0.2) is 37.0 Å². The predicted octanol–water partition coefficient (Wildman–Crippen LogP) is 2.86. The third-order valence-corrected chi connectivity index (χ3v) is 4.51. The Kier molecular flexibility index (Phi) is 5.14. The number of imidazole rings is 1. The molecule has 0 unspecified atom stereocenters. The topological polar surface area (TPSA) is 111 Å². The lowest BCUT2D eigenvalue weighted by atomic mass is 10.2. The van der Waals surface area contributed by atoms with Gasteiger partial charge in [0.05, 0.1) is 4.92 Å². The summed E-state index contributed by atoms with van der Waals surface area (Å²) in [6.07, 6.45) is 7.70. The quantitative estimate of drug-likeness (QED) is 0.434. The van der Waals surface area contributed by atoms with E-state index in [4.69, 9.17) is 0 Å². The molecule has 0 bridgehead atoms. The van der Waals surface area contributed by atoms with Crippen LogP contribution in [-0.2, 0) is 13.0 Å². The van der Waals surface area contributed by atoms with Gasteiger partial charge in [0.15, 0.2) is 0 Å². The number of nitrogens with zero attached hydrogens (tertiary/aromatic N) is 5. The minimum absolute atomic E-state index is 0.101. The van der Waals surface area contributed by atoms with Gasteiger partial charge in [0.1, 0.15) is 12.0 Å². The van der Waals surface area contributed by atoms with Crippen LogP contribution < -0.4 is 10.6 Å². The molecule has 0 atom stereocenters. The summed E-state index contributed by atoms with van der Waals surface area (Å²) in [5.41, 5.74) is 1.11. The average Bonchev–Trinajstić information content (AvgIpc) is 3.40. The molecule has 2 aromatic heterocycles. The van der Waals surface area contributed by atoms with E-state index in [1.165, 1.54) is 11.8 Å². The van der Waals surface area contributed by atoms with Gasteiger partial charge in [0.25, 0.3) is 0 Å². The van der Waals surface area contributed by atoms with E-state index in [1.807, 2.05) is 24.4 Å². The first kappa shape index (κ1) is 17.9. The van der Waals surface area contributed by atoms with Gasteiger partial charge < -0.3 is 15.2 Å². The van der Waals surface area contributed by atoms with E-state index >= 15 is 0 Å². The second-order valence-corrected chi connectivity index (χ2v) is 6.74. The molecule has 1 saturated carbocycles. The monoisotopic (exact) mass is 379 g/mol. The minimum Gasteiger partial charge on any atom is -0.361 e. The molecule has 9 nitrogen and oxygen atoms in total. The third-order valence-electron chi connectivity index (χ3n) is 4.51. The second-order valence-electron chi connectivity index (χ2n) is 6.74. The maximum absolute atomic E-state index is 11.1. The van der Waals surface area contributed by atoms with E-state index in [9.17, 15) is 10.1 Å². The van der Waals surface area contributed by atoms with Gasteiger partial charge in [0, 0.05) is 37.9 Å². The Hall–Kier alpha value is -3.49. The van der Waals surface area contributed by atoms with E-state index in [0.29, 0.717) is 18.9 Å². The molecule has 1 aliphatic carbocycles. The van der Waals surface area contributed by atoms with E-state index in [0.717, 1.165) is 25.2 Å². The molecular weight excluding hydrogens is 358 g/mol. The summed E-state index contributed by atoms with van der Waals surface area (Å²) in [5, 5.41) is 17.4. The Bertz CT molecular complexity index is 954. The Morgan fingerprint density at radius 1 is 1.21 bits per heavy atom. The molecular formula is C19H21N7O2. The third kappa shape index (κ3) is 4.43. The van der Waals surface area contributed by atoms with Crippen LogP contribution in [0.15, 0.2) is 48.9 Å². The molecule has 1 aromatic carbocycles. The number of anilines is 2. The lowest BCUT2D eigenvalue weighted by Gasteiger charge is -2.10. The molecule has 28 heavy (non-hydrogen) atoms. The number of aromatic nitrogens is 4. The highest BCUT2D eigenvalue weighted by molar-refractivity contribution is 5.58. The molecule has 0 radical (unpaired) electrons. The maximum atomic E-state index is 11.1. The first-order valence-electron chi connectivity index (χ1n) is 9.25. The fraction of sp³-hybridized carbons (Fsp3) is 0.316. The standard InChI is InChI=1S/C19H21N7O2/c27-26(28)16-12-22-19(24-18(16)23-15-6-7-15)21-9-8-17-20-10-11-25(17)13-14-4-2-1-3-5-14/h1-5,10-12,15H,6-9,13H2,(H2,21,22,23,24). The van der Waals surface area contributed by atoms with Crippen molar-refractivity contribution in [2.45, 2.75) is 31.8 Å². The van der Waals surface area contributed by atoms with Crippen molar-refractivity contribution in [2.24, 2.45) is 0 Å². The van der Waals surface area contributed by atoms with Crippen molar-refractivity contribution >= 4 is 17.5 Å². The highest BCUT2D eigenvalue weighted by atomic mass is 16.6. The first-order valence-corrected chi connectivity index (χ1v) is 9.25. The summed E-state index contributed by atoms with van der Waals surface area (Å²) < 4.78 is 2.10. The normalized spacial score (nSPS) is 13.3. The SMILES string of the molecule is O=[N+]([O-])c1cnc(NCCc2nccn2Cc2ccccc2)nc1NC1CC1. The fourth-order valence-electron chi connectivity index (χ4n) is 2.90. The molecule has 4 rings (SSSR count). The van der Waals surface area contributed by atoms with E-state index in [-0.39, 0.29) is 17.5 Å². The lowest BCUT2D eigenvalue weighted by Crippen LogP contribution is -2.14. The maximum Gasteiger partial charge on any atom is 0.329 e. The molecule has 0 amide bonds. The highest BCUT2D eigenvalue weighted by Crippen LogP contribution is 2.29. The van der Waals surface area contributed by atoms with Gasteiger partial charge in [-0.05, 0) is 18.4 Å². The molecule has 0 spiro atoms. The summed E-state index contributed by atoms with van der Waals surface area (Å²) in [5.74, 6) is 1.60. The van der Waals surface area contributed by atoms with Gasteiger partial charge in [-0.2, -0.15) is 4.98 Å². The van der Waals surface area contributed by atoms with Crippen molar-refractivity contribution in [3.8, 4) is 0 Å². The Labute approximate surface area is 162 Å². The van der Waals surface area contributed by atoms with E-state index < -0.39 is 4.92 Å². The van der Waals surface area contributed by atoms with Gasteiger partial charge >= 0.3 is 5.69 Å². The van der Waals surface area contributed by atoms with Crippen LogP contribution in [0.3, 0.4) is 0 Å². The van der Waals surface area contributed by atoms with Crippen LogP contribution in [0.2, 0.25) is 0 Å². The van der Waals surface area contributed by atoms with Crippen molar-refractivity contribution in [3.05, 3.63) is 70.4 Å². The summed E-state index contributed by atoms with van der Waals surface area (Å²) in [4.78, 5) is 23.5. The number of nitrogens with one attached hydrogen (secondary N) is 2. The van der Waals surface area contributed by atoms with E-state index in [2.05, 4.69) is 42.3 Å². The van der Waals surface area contributed by atoms with Gasteiger partial charge in [-0.25, -0.2) is 9.97 Å². The van der Waals surface area contributed by atoms with Crippen LogP contribution in [0.4, 0.5) is 17.5 Å². The van der Waals surface area contributed by atoms with Crippen molar-refractivity contribution in [1.82, 2.24) is 19.5 Å². The average molecular weight is 379 g/mol. The number of hydrogen-bond donors (Lipinski definition) is 2. The highest BCUT2D eigenvalue weighted by Gasteiger charge is 2.26. The van der Waals surface area contributed by atoms with Crippen LogP contribution in [0.5, 0.6) is 0 Å². The zero-order chi connectivity index (χ0) is 19.3. The fourth-order valence-corrected chi connectivity index (χ4v) is 2.90. The smallest absolute Gasteiger partial charge is 0.329 e. The molecule has 1 aliphatic rings. The van der Waals surface area contributed by atoms with Crippen molar-refractivity contribution in [2.75, 3.05) is 17.2 Å². The molecule has 3 aromatic rings. The Balaban J connectivity index is 1.38. The molecule has 2 heterocycles. The molecule has 9 heteroatoms. The summed E-state index contributed by atoms with van der Waals surface area (Å²) in [7, 11) is 0. The first-order chi connectivity index (χ1) is 13.7. The molecule has 1 fully saturated rings. The summed E-state index contributed by atoms with van der Waals surface area (Å²) in [6, 6.07) is 10.5. The molecule has 144 valence electrons. The molecule has 0 saturated heterocycles. The predicted molar refractivity (Wildman–Crippen MR) is 105 cm³/mol. The van der Waals surface area contributed by atoms with Crippen molar-refractivity contribution < 1.29 is 4.92 Å². The Morgan fingerprint density at radius 3 is 2.79 bits per heavy atom. The lowest BCUT2D eigenvalue weighted by molar-refractivity contribution is -0.384. The van der Waals surface area contributed by atoms with Crippen molar-refractivity contribution in [1.29, 1.82) is 0 Å². The van der Waals surface area contributed by atoms with Gasteiger partial charge in [-0.3, -0.25) is 10.1 Å². The number of benzene rings is 1. The molecule has 2 N–H and O–H groups in total. The van der Waals surface area contributed by atoms with E-state index in [1.54, 1.807) is 6.20 Å². The number of hydrogen-bond acceptors (Lipinski definition) is 7. The van der Waals surface area contributed by atoms with Crippen LogP contribution >= 0.6 is 0 Å². The minimum atomic E-state index is -0.463. The van der Waals surface area contributed by atoms with Gasteiger partial charge in [-0.15, -0.1) is 0 Å². The summed E-state index contributed by atoms with van der Waals surface area (Å²) >= 11 is 0. The summed E-state index contributed by atoms with van der Waals surface area (Å²) in [6.45, 7) is 1.34. The number of rotatable bonds is 9. The zero-order valence-corrected chi connectivity index (χ0v) is 15.3. The Morgan fingerprint density at radius 2 is 2.04 bits per heavy atom. The van der Waals surface area contributed by atoms with Gasteiger partial charge in [0.2, 0.25) is 11.8 Å². The van der Waals surface area contributed by atoms with Crippen LogP contribution in [0, 0.1) is 10.1 Å². The van der Waals surface area contributed by atoms with Gasteiger partial charge in [-0.1, -0.05) is 30.3 Å². The zero-order valence-electron chi connectivity index (χ0n) is 15.3. The van der Waals surface area contributed by atoms with Crippen LogP contribution in [0.25, 0.3) is 0 Å². The second kappa shape index (κ2) is 8.03. The number of nitro groups is 1. The largest absolute Gasteiger partial charge is 0.361 e. The molecule has 0 aliphatic heterocycles.